The molecule has 2 aliphatic carbocycles. The summed E-state index contributed by atoms with van der Waals surface area (Å²) in [5.74, 6) is 0.447. The number of carbonyl (C=O) groups excluding carboxylic acids is 6. The van der Waals surface area contributed by atoms with Crippen LogP contribution in [0.1, 0.15) is 117 Å². The number of amides is 4. The number of ketones is 2. The van der Waals surface area contributed by atoms with Gasteiger partial charge in [-0.15, -0.1) is 0 Å². The Balaban J connectivity index is 1.43. The van der Waals surface area contributed by atoms with Crippen LogP contribution in [-0.4, -0.2) is 93.4 Å². The quantitative estimate of drug-likeness (QED) is 0.0689. The Morgan fingerprint density at radius 1 is 0.725 bits per heavy atom. The van der Waals surface area contributed by atoms with Crippen molar-refractivity contribution in [3.05, 3.63) is 0 Å². The van der Waals surface area contributed by atoms with Crippen molar-refractivity contribution in [3.8, 4) is 0 Å². The van der Waals surface area contributed by atoms with Crippen LogP contribution >= 0.6 is 18.6 Å². The number of ether oxygens (including phenoxy) is 2. The molecular formula is C36H61I2N4O9-. The molecule has 51 heavy (non-hydrogen) atoms. The van der Waals surface area contributed by atoms with E-state index in [2.05, 4.69) is 39.9 Å². The first-order valence-corrected chi connectivity index (χ1v) is 26.0. The Labute approximate surface area is 324 Å². The van der Waals surface area contributed by atoms with Crippen LogP contribution in [0.4, 0.5) is 0 Å². The zero-order valence-corrected chi connectivity index (χ0v) is 34.9. The van der Waals surface area contributed by atoms with Gasteiger partial charge in [0.25, 0.3) is 0 Å². The molecular weight excluding hydrogens is 886 g/mol. The minimum Gasteiger partial charge on any atom is -0.0397 e. The topological polar surface area (TPSA) is 178 Å². The molecule has 0 spiro atoms. The van der Waals surface area contributed by atoms with E-state index in [0.717, 1.165) is 44.9 Å². The Bertz CT molecular complexity index is 1070. The molecule has 0 aromatic carbocycles. The van der Waals surface area contributed by atoms with Crippen molar-refractivity contribution in [2.75, 3.05) is 46.1 Å². The molecule has 1 atom stereocenters. The van der Waals surface area contributed by atoms with E-state index in [1.165, 1.54) is 0 Å². The molecule has 4 N–H and O–H groups in total. The fourth-order valence-corrected chi connectivity index (χ4v) is 7.89. The Morgan fingerprint density at radius 2 is 1.37 bits per heavy atom. The van der Waals surface area contributed by atoms with Crippen molar-refractivity contribution in [2.24, 2.45) is 17.8 Å². The van der Waals surface area contributed by atoms with Crippen LogP contribution in [-0.2, 0) is 41.3 Å². The van der Waals surface area contributed by atoms with Gasteiger partial charge in [-0.3, -0.25) is 24.0 Å². The Hall–Kier alpha value is -1.44. The van der Waals surface area contributed by atoms with E-state index in [4.69, 9.17) is 12.5 Å². The third-order valence-electron chi connectivity index (χ3n) is 9.69. The Kier molecular flexibility index (Phi) is 25.2. The SMILES string of the molecule is CCC(=O)COCCNC(=O)C1CCC(NC(=O)CCOCCCC(C)C(=O)CCCC(=O)NC2CCC(CNC(=O)CCO[I-]I)CC2)CC1. The minimum atomic E-state index is -0.271. The van der Waals surface area contributed by atoms with Crippen LogP contribution in [0.5, 0.6) is 0 Å². The van der Waals surface area contributed by atoms with Crippen molar-refractivity contribution in [1.29, 1.82) is 0 Å². The van der Waals surface area contributed by atoms with Gasteiger partial charge >= 0.3 is 124 Å². The van der Waals surface area contributed by atoms with E-state index >= 15 is 0 Å². The summed E-state index contributed by atoms with van der Waals surface area (Å²) in [7, 11) is 0. The summed E-state index contributed by atoms with van der Waals surface area (Å²) < 4.78 is 16.2. The van der Waals surface area contributed by atoms with Crippen LogP contribution in [0.2, 0.25) is 0 Å². The molecule has 2 saturated carbocycles. The molecule has 1 unspecified atom stereocenters. The van der Waals surface area contributed by atoms with E-state index in [1.807, 2.05) is 6.92 Å². The van der Waals surface area contributed by atoms with Crippen molar-refractivity contribution in [3.63, 3.8) is 0 Å². The molecule has 0 saturated heterocycles. The summed E-state index contributed by atoms with van der Waals surface area (Å²) in [4.78, 5) is 73.0. The summed E-state index contributed by atoms with van der Waals surface area (Å²) in [5, 5.41) is 12.0. The molecule has 0 bridgehead atoms. The fraction of sp³-hybridized carbons (Fsp3) is 0.833. The maximum atomic E-state index is 12.6. The molecule has 294 valence electrons. The minimum absolute atomic E-state index is 0.00119. The van der Waals surface area contributed by atoms with Gasteiger partial charge in [-0.05, 0) is 44.9 Å². The zero-order chi connectivity index (χ0) is 37.3. The molecule has 0 heterocycles. The van der Waals surface area contributed by atoms with E-state index < -0.39 is 0 Å². The van der Waals surface area contributed by atoms with Crippen molar-refractivity contribution in [2.45, 2.75) is 129 Å². The summed E-state index contributed by atoms with van der Waals surface area (Å²) in [5.41, 5.74) is 0. The summed E-state index contributed by atoms with van der Waals surface area (Å²) in [6.45, 7) is 6.46. The van der Waals surface area contributed by atoms with Gasteiger partial charge in [0.15, 0.2) is 5.78 Å². The largest absolute Gasteiger partial charge is 0.0397 e. The summed E-state index contributed by atoms with van der Waals surface area (Å²) in [6.07, 6.45) is 10.5. The predicted molar refractivity (Wildman–Crippen MR) is 197 cm³/mol. The Morgan fingerprint density at radius 3 is 2.04 bits per heavy atom. The van der Waals surface area contributed by atoms with Crippen LogP contribution in [0.25, 0.3) is 0 Å². The van der Waals surface area contributed by atoms with Gasteiger partial charge in [0.1, 0.15) is 12.4 Å². The van der Waals surface area contributed by atoms with Crippen molar-refractivity contribution in [1.82, 2.24) is 21.3 Å². The number of carbonyl (C=O) groups is 6. The number of hydrogen-bond acceptors (Lipinski definition) is 9. The monoisotopic (exact) mass is 947 g/mol. The smallest absolute Gasteiger partial charge is 0.0320 e. The third kappa shape index (κ3) is 21.8. The fourth-order valence-electron chi connectivity index (χ4n) is 6.39. The molecule has 0 aromatic heterocycles. The second kappa shape index (κ2) is 28.1. The van der Waals surface area contributed by atoms with E-state index in [-0.39, 0.29) is 89.8 Å². The standard InChI is InChI=1S/C36H61I2N4O9/c1-3-31(43)25-50-23-19-39-36(48)28-11-15-30(16-12-28)42-35(47)17-21-49-20-5-6-26(2)32(44)7-4-8-34(46)41-29-13-9-27(10-14-29)24-40-33(45)18-22-51-38-37/h26-30H,3-25H2,1-2H3,(H,39,48)(H,40,45)(H,41,46)(H,42,47)/q-1. The van der Waals surface area contributed by atoms with Crippen molar-refractivity contribution < 1.29 is 59.0 Å². The zero-order valence-electron chi connectivity index (χ0n) is 30.6. The van der Waals surface area contributed by atoms with Crippen LogP contribution < -0.4 is 38.9 Å². The van der Waals surface area contributed by atoms with Crippen LogP contribution in [0.3, 0.4) is 0 Å². The summed E-state index contributed by atoms with van der Waals surface area (Å²) in [6, 6.07) is 0.222. The predicted octanol–water partition coefficient (Wildman–Crippen LogP) is 0.888. The van der Waals surface area contributed by atoms with Crippen LogP contribution in [0.15, 0.2) is 0 Å². The number of halogens is 2. The first-order chi connectivity index (χ1) is 24.6. The molecule has 0 radical (unpaired) electrons. The van der Waals surface area contributed by atoms with Gasteiger partial charge in [-0.25, -0.2) is 0 Å². The van der Waals surface area contributed by atoms with Gasteiger partial charge < -0.3 is 20.1 Å². The van der Waals surface area contributed by atoms with Gasteiger partial charge in [-0.2, -0.15) is 0 Å². The van der Waals surface area contributed by atoms with Gasteiger partial charge in [0, 0.05) is 56.7 Å². The molecule has 15 heteroatoms. The molecule has 13 nitrogen and oxygen atoms in total. The van der Waals surface area contributed by atoms with Crippen LogP contribution in [0, 0.1) is 17.8 Å². The average molecular weight is 948 g/mol. The molecule has 0 aromatic rings. The van der Waals surface area contributed by atoms with Gasteiger partial charge in [-0.1, -0.05) is 13.8 Å². The molecule has 2 fully saturated rings. The normalized spacial score (nSPS) is 21.0. The molecule has 2 aliphatic rings. The number of nitrogens with one attached hydrogen (secondary N) is 4. The van der Waals surface area contributed by atoms with Crippen molar-refractivity contribution >= 4 is 53.8 Å². The second-order valence-corrected chi connectivity index (χ2v) is 17.0. The maximum Gasteiger partial charge on any atom is -0.0320 e. The van der Waals surface area contributed by atoms with Gasteiger partial charge in [0.2, 0.25) is 11.8 Å². The van der Waals surface area contributed by atoms with E-state index in [9.17, 15) is 28.8 Å². The molecule has 0 aliphatic heterocycles. The maximum absolute atomic E-state index is 12.6. The van der Waals surface area contributed by atoms with Gasteiger partial charge in [0.05, 0.1) is 13.2 Å². The summed E-state index contributed by atoms with van der Waals surface area (Å²) >= 11 is 1.95. The first kappa shape index (κ1) is 45.7. The number of rotatable bonds is 27. The number of Topliss-reactive ketones (excluding diaryl/α,β-unsaturated/α-hetero) is 2. The number of hydrogen-bond donors (Lipinski definition) is 4. The average Bonchev–Trinajstić information content (AvgIpc) is 3.12. The third-order valence-corrected chi connectivity index (χ3v) is 11.9. The van der Waals surface area contributed by atoms with E-state index in [0.29, 0.717) is 96.8 Å². The first-order valence-electron chi connectivity index (χ1n) is 18.8. The molecule has 4 amide bonds. The second-order valence-electron chi connectivity index (χ2n) is 13.8. The van der Waals surface area contributed by atoms with E-state index in [1.54, 1.807) is 6.92 Å². The molecule has 2 rings (SSSR count).